The fraction of sp³-hybridized carbons (Fsp3) is 0.400. The summed E-state index contributed by atoms with van der Waals surface area (Å²) in [6, 6.07) is 5.59. The van der Waals surface area contributed by atoms with Gasteiger partial charge in [0.15, 0.2) is 0 Å². The molecule has 0 radical (unpaired) electrons. The van der Waals surface area contributed by atoms with Crippen LogP contribution in [0.5, 0.6) is 0 Å². The highest BCUT2D eigenvalue weighted by molar-refractivity contribution is 5.42. The molecule has 1 aromatic carbocycles. The normalized spacial score (nSPS) is 27.1. The van der Waals surface area contributed by atoms with Gasteiger partial charge in [0.2, 0.25) is 0 Å². The molecule has 2 N–H and O–H groups in total. The van der Waals surface area contributed by atoms with E-state index in [1.807, 2.05) is 0 Å². The van der Waals surface area contributed by atoms with Crippen LogP contribution in [0.25, 0.3) is 0 Å². The molecule has 1 fully saturated rings. The Labute approximate surface area is 83.9 Å². The molecule has 1 aliphatic rings. The summed E-state index contributed by atoms with van der Waals surface area (Å²) in [5.74, 6) is -9.21. The largest absolute Gasteiger partial charge is 0.399 e. The predicted octanol–water partition coefficient (Wildman–Crippen LogP) is 3.03. The molecule has 0 spiro atoms. The van der Waals surface area contributed by atoms with Crippen molar-refractivity contribution in [3.8, 4) is 0 Å². The Morgan fingerprint density at radius 2 is 1.60 bits per heavy atom. The number of hydrogen-bond donors (Lipinski definition) is 1. The van der Waals surface area contributed by atoms with Crippen molar-refractivity contribution in [1.82, 2.24) is 0 Å². The molecule has 0 heterocycles. The summed E-state index contributed by atoms with van der Waals surface area (Å²) in [5.41, 5.74) is 6.00. The summed E-state index contributed by atoms with van der Waals surface area (Å²) in [6.45, 7) is 0. The van der Waals surface area contributed by atoms with Crippen LogP contribution in [0.2, 0.25) is 0 Å². The lowest BCUT2D eigenvalue weighted by Gasteiger charge is -2.44. The van der Waals surface area contributed by atoms with Gasteiger partial charge < -0.3 is 5.73 Å². The molecule has 1 aromatic rings. The summed E-state index contributed by atoms with van der Waals surface area (Å²) >= 11 is 0. The van der Waals surface area contributed by atoms with E-state index in [4.69, 9.17) is 5.73 Å². The van der Waals surface area contributed by atoms with Gasteiger partial charge in [-0.2, -0.15) is 17.6 Å². The van der Waals surface area contributed by atoms with E-state index in [0.29, 0.717) is 5.69 Å². The highest BCUT2D eigenvalue weighted by Gasteiger charge is 2.71. The van der Waals surface area contributed by atoms with Gasteiger partial charge in [0.1, 0.15) is 0 Å². The van der Waals surface area contributed by atoms with E-state index in [-0.39, 0.29) is 5.56 Å². The number of hydrogen-bond acceptors (Lipinski definition) is 1. The van der Waals surface area contributed by atoms with Gasteiger partial charge in [-0.25, -0.2) is 0 Å². The number of halogens is 4. The number of nitrogen functional groups attached to an aromatic ring is 1. The third-order valence-electron chi connectivity index (χ3n) is 2.72. The molecule has 1 saturated carbocycles. The lowest BCUT2D eigenvalue weighted by molar-refractivity contribution is -0.290. The predicted molar refractivity (Wildman–Crippen MR) is 48.1 cm³/mol. The van der Waals surface area contributed by atoms with Crippen LogP contribution in [0.4, 0.5) is 23.2 Å². The third kappa shape index (κ3) is 1.37. The van der Waals surface area contributed by atoms with Crippen molar-refractivity contribution in [2.24, 2.45) is 0 Å². The topological polar surface area (TPSA) is 26.0 Å². The molecule has 0 amide bonds. The molecule has 1 atom stereocenters. The van der Waals surface area contributed by atoms with Gasteiger partial charge in [0, 0.05) is 12.1 Å². The first-order chi connectivity index (χ1) is 6.84. The van der Waals surface area contributed by atoms with E-state index in [0.717, 1.165) is 0 Å². The molecule has 2 rings (SSSR count). The maximum absolute atomic E-state index is 13.0. The first-order valence-electron chi connectivity index (χ1n) is 4.46. The molecule has 15 heavy (non-hydrogen) atoms. The van der Waals surface area contributed by atoms with Crippen molar-refractivity contribution in [2.75, 3.05) is 5.73 Å². The first kappa shape index (κ1) is 10.3. The van der Waals surface area contributed by atoms with Gasteiger partial charge in [0.05, 0.1) is 5.92 Å². The Bertz CT molecular complexity index is 372. The van der Waals surface area contributed by atoms with E-state index in [2.05, 4.69) is 0 Å². The quantitative estimate of drug-likeness (QED) is 0.570. The molecule has 0 bridgehead atoms. The Morgan fingerprint density at radius 3 is 2.00 bits per heavy atom. The molecule has 82 valence electrons. The standard InChI is InChI=1S/C10H9F4N/c11-9(12)5-8(10(9,13)14)6-1-3-7(15)4-2-6/h1-4,8H,5,15H2/t8-/m0/s1. The van der Waals surface area contributed by atoms with Crippen molar-refractivity contribution in [1.29, 1.82) is 0 Å². The Morgan fingerprint density at radius 1 is 1.07 bits per heavy atom. The summed E-state index contributed by atoms with van der Waals surface area (Å²) in [6.07, 6.45) is -0.802. The molecule has 5 heteroatoms. The fourth-order valence-corrected chi connectivity index (χ4v) is 1.70. The lowest BCUT2D eigenvalue weighted by atomic mass is 9.72. The number of rotatable bonds is 1. The zero-order valence-electron chi connectivity index (χ0n) is 7.68. The fourth-order valence-electron chi connectivity index (χ4n) is 1.70. The number of benzene rings is 1. The van der Waals surface area contributed by atoms with Gasteiger partial charge in [-0.15, -0.1) is 0 Å². The van der Waals surface area contributed by atoms with Crippen molar-refractivity contribution in [3.05, 3.63) is 29.8 Å². The zero-order valence-corrected chi connectivity index (χ0v) is 7.68. The minimum Gasteiger partial charge on any atom is -0.399 e. The molecule has 1 aliphatic carbocycles. The number of alkyl halides is 4. The number of nitrogens with two attached hydrogens (primary N) is 1. The van der Waals surface area contributed by atoms with Crippen LogP contribution >= 0.6 is 0 Å². The molecule has 0 unspecified atom stereocenters. The molecule has 0 saturated heterocycles. The van der Waals surface area contributed by atoms with Gasteiger partial charge in [-0.05, 0) is 17.7 Å². The van der Waals surface area contributed by atoms with Crippen LogP contribution in [0.3, 0.4) is 0 Å². The van der Waals surface area contributed by atoms with E-state index in [1.165, 1.54) is 24.3 Å². The third-order valence-corrected chi connectivity index (χ3v) is 2.72. The Balaban J connectivity index is 2.25. The maximum Gasteiger partial charge on any atom is 0.317 e. The molecular weight excluding hydrogens is 210 g/mol. The van der Waals surface area contributed by atoms with Crippen molar-refractivity contribution >= 4 is 5.69 Å². The van der Waals surface area contributed by atoms with Crippen LogP contribution < -0.4 is 5.73 Å². The van der Waals surface area contributed by atoms with Crippen molar-refractivity contribution in [3.63, 3.8) is 0 Å². The SMILES string of the molecule is Nc1ccc([C@@H]2CC(F)(F)C2(F)F)cc1. The molecule has 0 aromatic heterocycles. The van der Waals surface area contributed by atoms with Gasteiger partial charge in [-0.1, -0.05) is 12.1 Å². The minimum atomic E-state index is -3.94. The summed E-state index contributed by atoms with van der Waals surface area (Å²) in [5, 5.41) is 0. The van der Waals surface area contributed by atoms with Crippen LogP contribution in [-0.2, 0) is 0 Å². The molecule has 1 nitrogen and oxygen atoms in total. The second-order valence-corrected chi connectivity index (χ2v) is 3.75. The highest BCUT2D eigenvalue weighted by atomic mass is 19.3. The average Bonchev–Trinajstić information content (AvgIpc) is 2.16. The summed E-state index contributed by atoms with van der Waals surface area (Å²) < 4.78 is 51.1. The second kappa shape index (κ2) is 2.87. The average molecular weight is 219 g/mol. The van der Waals surface area contributed by atoms with E-state index in [9.17, 15) is 17.6 Å². The smallest absolute Gasteiger partial charge is 0.317 e. The first-order valence-corrected chi connectivity index (χ1v) is 4.46. The minimum absolute atomic E-state index is 0.208. The molecular formula is C10H9F4N. The zero-order chi connectivity index (χ0) is 11.3. The summed E-state index contributed by atoms with van der Waals surface area (Å²) in [7, 11) is 0. The molecule has 0 aliphatic heterocycles. The monoisotopic (exact) mass is 219 g/mol. The van der Waals surface area contributed by atoms with Crippen LogP contribution in [-0.4, -0.2) is 11.8 Å². The number of anilines is 1. The van der Waals surface area contributed by atoms with E-state index in [1.54, 1.807) is 0 Å². The maximum atomic E-state index is 13.0. The van der Waals surface area contributed by atoms with Crippen LogP contribution in [0.15, 0.2) is 24.3 Å². The Hall–Kier alpha value is -1.26. The highest BCUT2D eigenvalue weighted by Crippen LogP contribution is 2.59. The Kier molecular flexibility index (Phi) is 1.96. The van der Waals surface area contributed by atoms with Crippen LogP contribution in [0, 0.1) is 0 Å². The van der Waals surface area contributed by atoms with Gasteiger partial charge >= 0.3 is 11.8 Å². The van der Waals surface area contributed by atoms with Crippen molar-refractivity contribution in [2.45, 2.75) is 24.2 Å². The van der Waals surface area contributed by atoms with Crippen molar-refractivity contribution < 1.29 is 17.6 Å². The lowest BCUT2D eigenvalue weighted by Crippen LogP contribution is -2.56. The van der Waals surface area contributed by atoms with E-state index < -0.39 is 24.2 Å². The van der Waals surface area contributed by atoms with Gasteiger partial charge in [-0.3, -0.25) is 0 Å². The summed E-state index contributed by atoms with van der Waals surface area (Å²) in [4.78, 5) is 0. The van der Waals surface area contributed by atoms with E-state index >= 15 is 0 Å². The van der Waals surface area contributed by atoms with Gasteiger partial charge in [0.25, 0.3) is 0 Å². The second-order valence-electron chi connectivity index (χ2n) is 3.75. The van der Waals surface area contributed by atoms with Crippen LogP contribution in [0.1, 0.15) is 17.9 Å².